The van der Waals surface area contributed by atoms with Crippen molar-refractivity contribution in [1.82, 2.24) is 9.97 Å². The van der Waals surface area contributed by atoms with Crippen molar-refractivity contribution < 1.29 is 14.3 Å². The summed E-state index contributed by atoms with van der Waals surface area (Å²) in [6.45, 7) is 1.92. The lowest BCUT2D eigenvalue weighted by molar-refractivity contribution is 0.0971. The number of thiazole rings is 1. The first kappa shape index (κ1) is 20.2. The fourth-order valence-electron chi connectivity index (χ4n) is 4.11. The number of fused-ring (bicyclic) bond motifs is 1. The Labute approximate surface area is 189 Å². The largest absolute Gasteiger partial charge is 0.457 e. The van der Waals surface area contributed by atoms with Crippen LogP contribution in [-0.4, -0.2) is 21.7 Å². The third kappa shape index (κ3) is 3.83. The van der Waals surface area contributed by atoms with Crippen LogP contribution in [0.3, 0.4) is 0 Å². The molecule has 0 saturated heterocycles. The Hall–Kier alpha value is -3.71. The molecule has 2 heterocycles. The molecule has 0 aliphatic heterocycles. The monoisotopic (exact) mass is 443 g/mol. The van der Waals surface area contributed by atoms with Gasteiger partial charge in [0.05, 0.1) is 5.69 Å². The number of benzene rings is 2. The van der Waals surface area contributed by atoms with Gasteiger partial charge < -0.3 is 9.72 Å². The number of hydrogen-bond acceptors (Lipinski definition) is 5. The summed E-state index contributed by atoms with van der Waals surface area (Å²) in [6.07, 6.45) is 3.83. The molecule has 32 heavy (non-hydrogen) atoms. The topological polar surface area (TPSA) is 84.1 Å². The van der Waals surface area contributed by atoms with Crippen LogP contribution in [0, 0.1) is 6.92 Å². The number of ketones is 1. The molecule has 2 aromatic heterocycles. The molecule has 6 nitrogen and oxygen atoms in total. The molecular weight excluding hydrogens is 422 g/mol. The second-order valence-corrected chi connectivity index (χ2v) is 8.57. The Kier molecular flexibility index (Phi) is 5.33. The van der Waals surface area contributed by atoms with Gasteiger partial charge in [-0.05, 0) is 55.7 Å². The Morgan fingerprint density at radius 1 is 1.16 bits per heavy atom. The van der Waals surface area contributed by atoms with Crippen LogP contribution in [0.5, 0.6) is 11.5 Å². The number of aromatic amines is 1. The minimum absolute atomic E-state index is 0.162. The molecular formula is C25H21N3O3S. The quantitative estimate of drug-likeness (QED) is 0.396. The van der Waals surface area contributed by atoms with E-state index in [1.165, 1.54) is 11.3 Å². The fraction of sp³-hybridized carbons (Fsp3) is 0.160. The molecule has 0 fully saturated rings. The van der Waals surface area contributed by atoms with E-state index in [9.17, 15) is 9.59 Å². The molecule has 0 bridgehead atoms. The summed E-state index contributed by atoms with van der Waals surface area (Å²) in [6, 6.07) is 14.8. The number of hydrogen-bond donors (Lipinski definition) is 2. The van der Waals surface area contributed by atoms with Crippen LogP contribution in [0.25, 0.3) is 11.3 Å². The van der Waals surface area contributed by atoms with Crippen LogP contribution < -0.4 is 10.1 Å². The zero-order valence-electron chi connectivity index (χ0n) is 17.5. The number of carbonyl (C=O) groups excluding carboxylic acids is 2. The highest BCUT2D eigenvalue weighted by molar-refractivity contribution is 7.13. The summed E-state index contributed by atoms with van der Waals surface area (Å²) in [5, 5.41) is 5.17. The van der Waals surface area contributed by atoms with Crippen molar-refractivity contribution in [3.8, 4) is 22.8 Å². The highest BCUT2D eigenvalue weighted by Crippen LogP contribution is 2.40. The predicted molar refractivity (Wildman–Crippen MR) is 125 cm³/mol. The molecule has 0 unspecified atom stereocenters. The second kappa shape index (κ2) is 8.43. The van der Waals surface area contributed by atoms with E-state index in [4.69, 9.17) is 4.74 Å². The number of para-hydroxylation sites is 1. The number of carbonyl (C=O) groups is 2. The van der Waals surface area contributed by atoms with E-state index in [-0.39, 0.29) is 11.7 Å². The maximum absolute atomic E-state index is 12.9. The summed E-state index contributed by atoms with van der Waals surface area (Å²) >= 11 is 1.36. The Balaban J connectivity index is 1.60. The van der Waals surface area contributed by atoms with Gasteiger partial charge >= 0.3 is 0 Å². The summed E-state index contributed by atoms with van der Waals surface area (Å²) in [5.74, 6) is 1.22. The Morgan fingerprint density at radius 3 is 2.78 bits per heavy atom. The summed E-state index contributed by atoms with van der Waals surface area (Å²) in [4.78, 5) is 32.9. The molecule has 160 valence electrons. The summed E-state index contributed by atoms with van der Waals surface area (Å²) in [5.41, 5.74) is 4.69. The minimum atomic E-state index is -0.249. The molecule has 0 saturated carbocycles. The van der Waals surface area contributed by atoms with Gasteiger partial charge in [0.15, 0.2) is 10.9 Å². The van der Waals surface area contributed by atoms with Crippen LogP contribution >= 0.6 is 11.3 Å². The van der Waals surface area contributed by atoms with E-state index >= 15 is 0 Å². The van der Waals surface area contributed by atoms with Crippen molar-refractivity contribution in [2.75, 3.05) is 5.32 Å². The number of nitrogens with zero attached hydrogens (tertiary/aromatic N) is 1. The molecule has 1 aliphatic carbocycles. The molecule has 4 aromatic rings. The molecule has 2 aromatic carbocycles. The second-order valence-electron chi connectivity index (χ2n) is 7.67. The average Bonchev–Trinajstić information content (AvgIpc) is 3.43. The van der Waals surface area contributed by atoms with Crippen LogP contribution in [-0.2, 0) is 6.42 Å². The van der Waals surface area contributed by atoms with Crippen molar-refractivity contribution in [1.29, 1.82) is 0 Å². The zero-order chi connectivity index (χ0) is 22.1. The maximum atomic E-state index is 12.9. The van der Waals surface area contributed by atoms with Gasteiger partial charge in [-0.15, -0.1) is 11.3 Å². The van der Waals surface area contributed by atoms with Gasteiger partial charge in [-0.3, -0.25) is 14.9 Å². The smallest absolute Gasteiger partial charge is 0.257 e. The first-order chi connectivity index (χ1) is 15.6. The highest BCUT2D eigenvalue weighted by Gasteiger charge is 2.27. The number of aromatic nitrogens is 2. The number of anilines is 1. The molecule has 0 atom stereocenters. The van der Waals surface area contributed by atoms with Crippen LogP contribution in [0.15, 0.2) is 60.1 Å². The van der Waals surface area contributed by atoms with E-state index in [0.29, 0.717) is 28.6 Å². The number of aryl methyl sites for hydroxylation is 1. The van der Waals surface area contributed by atoms with Gasteiger partial charge in [-0.25, -0.2) is 4.98 Å². The van der Waals surface area contributed by atoms with Crippen molar-refractivity contribution >= 4 is 28.2 Å². The van der Waals surface area contributed by atoms with Gasteiger partial charge in [0.2, 0.25) is 0 Å². The standard InChI is InChI=1S/C25H21N3O3S/c1-15-22-18(8-5-9-20(22)29)23(27-15)19-14-16(24(30)28-25-26-12-13-32-25)10-11-21(19)31-17-6-3-2-4-7-17/h2-4,6-7,10-14,27H,5,8-9H2,1H3,(H,26,28,30). The number of amides is 1. The van der Waals surface area contributed by atoms with Crippen molar-refractivity contribution in [3.05, 3.63) is 82.5 Å². The number of Topliss-reactive ketones (excluding diaryl/α,β-unsaturated/α-hetero) is 1. The lowest BCUT2D eigenvalue weighted by atomic mass is 9.89. The minimum Gasteiger partial charge on any atom is -0.457 e. The number of H-pyrrole nitrogens is 1. The van der Waals surface area contributed by atoms with Gasteiger partial charge in [-0.1, -0.05) is 18.2 Å². The predicted octanol–water partition coefficient (Wildman–Crippen LogP) is 6.01. The van der Waals surface area contributed by atoms with Gasteiger partial charge in [0.25, 0.3) is 5.91 Å². The summed E-state index contributed by atoms with van der Waals surface area (Å²) in [7, 11) is 0. The van der Waals surface area contributed by atoms with Crippen molar-refractivity contribution in [2.45, 2.75) is 26.2 Å². The van der Waals surface area contributed by atoms with Crippen molar-refractivity contribution in [3.63, 3.8) is 0 Å². The number of ether oxygens (including phenoxy) is 1. The average molecular weight is 444 g/mol. The van der Waals surface area contributed by atoms with E-state index in [0.717, 1.165) is 40.9 Å². The molecule has 7 heteroatoms. The third-order valence-corrected chi connectivity index (χ3v) is 6.22. The van der Waals surface area contributed by atoms with Crippen molar-refractivity contribution in [2.24, 2.45) is 0 Å². The molecule has 5 rings (SSSR count). The maximum Gasteiger partial charge on any atom is 0.257 e. The molecule has 0 radical (unpaired) electrons. The van der Waals surface area contributed by atoms with Crippen LogP contribution in [0.1, 0.15) is 44.8 Å². The highest BCUT2D eigenvalue weighted by atomic mass is 32.1. The van der Waals surface area contributed by atoms with E-state index < -0.39 is 0 Å². The van der Waals surface area contributed by atoms with Crippen LogP contribution in [0.2, 0.25) is 0 Å². The van der Waals surface area contributed by atoms with Crippen LogP contribution in [0.4, 0.5) is 5.13 Å². The molecule has 1 amide bonds. The fourth-order valence-corrected chi connectivity index (χ4v) is 4.63. The lowest BCUT2D eigenvalue weighted by Crippen LogP contribution is -2.12. The SMILES string of the molecule is Cc1[nH]c(-c2cc(C(=O)Nc3nccs3)ccc2Oc2ccccc2)c2c1C(=O)CCC2. The Morgan fingerprint density at radius 2 is 2.00 bits per heavy atom. The normalized spacial score (nSPS) is 13.0. The molecule has 2 N–H and O–H groups in total. The molecule has 1 aliphatic rings. The summed E-state index contributed by atoms with van der Waals surface area (Å²) < 4.78 is 6.18. The molecule has 0 spiro atoms. The third-order valence-electron chi connectivity index (χ3n) is 5.54. The first-order valence-electron chi connectivity index (χ1n) is 10.4. The van der Waals surface area contributed by atoms with E-state index in [1.54, 1.807) is 18.3 Å². The Bertz CT molecular complexity index is 1290. The number of rotatable bonds is 5. The lowest BCUT2D eigenvalue weighted by Gasteiger charge is -2.16. The number of nitrogens with one attached hydrogen (secondary N) is 2. The zero-order valence-corrected chi connectivity index (χ0v) is 18.3. The van der Waals surface area contributed by atoms with E-state index in [1.807, 2.05) is 48.7 Å². The first-order valence-corrected chi connectivity index (χ1v) is 11.3. The van der Waals surface area contributed by atoms with Gasteiger partial charge in [0, 0.05) is 40.4 Å². The van der Waals surface area contributed by atoms with Gasteiger partial charge in [-0.2, -0.15) is 0 Å². The van der Waals surface area contributed by atoms with E-state index in [2.05, 4.69) is 15.3 Å². The van der Waals surface area contributed by atoms with Gasteiger partial charge in [0.1, 0.15) is 11.5 Å².